The van der Waals surface area contributed by atoms with E-state index in [4.69, 9.17) is 17.3 Å². The van der Waals surface area contributed by atoms with E-state index in [0.717, 1.165) is 4.40 Å². The summed E-state index contributed by atoms with van der Waals surface area (Å²) in [6.07, 6.45) is -2.19. The van der Waals surface area contributed by atoms with Gasteiger partial charge in [0.25, 0.3) is 0 Å². The lowest BCUT2D eigenvalue weighted by molar-refractivity contribution is -0.144. The van der Waals surface area contributed by atoms with E-state index in [1.165, 1.54) is 24.4 Å². The first-order valence-corrected chi connectivity index (χ1v) is 11.3. The molecule has 4 N–H and O–H groups in total. The number of anilines is 1. The van der Waals surface area contributed by atoms with Crippen LogP contribution >= 0.6 is 11.6 Å². The summed E-state index contributed by atoms with van der Waals surface area (Å²) in [6, 6.07) is 4.12. The normalized spacial score (nSPS) is 24.9. The van der Waals surface area contributed by atoms with Crippen LogP contribution in [0.25, 0.3) is 17.0 Å². The molecule has 9 nitrogen and oxygen atoms in total. The van der Waals surface area contributed by atoms with Gasteiger partial charge in [-0.2, -0.15) is 23.1 Å². The fraction of sp³-hybridized carbons (Fsp3) is 0.389. The molecule has 0 saturated heterocycles. The molecule has 0 radical (unpaired) electrons. The van der Waals surface area contributed by atoms with Crippen molar-refractivity contribution in [2.75, 3.05) is 12.3 Å². The van der Waals surface area contributed by atoms with Gasteiger partial charge in [-0.25, -0.2) is 18.1 Å². The minimum absolute atomic E-state index is 0.0316. The van der Waals surface area contributed by atoms with E-state index in [9.17, 15) is 26.7 Å². The first-order chi connectivity index (χ1) is 14.9. The van der Waals surface area contributed by atoms with Crippen LogP contribution in [-0.2, 0) is 16.2 Å². The zero-order valence-corrected chi connectivity index (χ0v) is 17.7. The minimum Gasteiger partial charge on any atom is -0.396 e. The molecule has 3 aliphatic carbocycles. The lowest BCUT2D eigenvalue weighted by atomic mass is 9.43. The molecule has 0 amide bonds. The molecule has 32 heavy (non-hydrogen) atoms. The average molecular weight is 489 g/mol. The van der Waals surface area contributed by atoms with Crippen LogP contribution in [0.2, 0.25) is 5.02 Å². The van der Waals surface area contributed by atoms with Gasteiger partial charge in [0.1, 0.15) is 4.90 Å². The number of sulfonamides is 1. The van der Waals surface area contributed by atoms with Gasteiger partial charge < -0.3 is 10.8 Å². The molecule has 3 aromatic rings. The Hall–Kier alpha value is -2.48. The summed E-state index contributed by atoms with van der Waals surface area (Å²) in [7, 11) is -4.04. The fourth-order valence-corrected chi connectivity index (χ4v) is 6.43. The van der Waals surface area contributed by atoms with E-state index in [1.807, 2.05) is 0 Å². The van der Waals surface area contributed by atoms with Gasteiger partial charge in [0.05, 0.1) is 10.7 Å². The van der Waals surface area contributed by atoms with Crippen molar-refractivity contribution < 1.29 is 26.7 Å². The van der Waals surface area contributed by atoms with E-state index in [-0.39, 0.29) is 39.5 Å². The number of aliphatic hydroxyl groups is 1. The second-order valence-corrected chi connectivity index (χ2v) is 10.1. The van der Waals surface area contributed by atoms with Crippen molar-refractivity contribution in [3.63, 3.8) is 0 Å². The number of nitrogen functional groups attached to an aromatic ring is 1. The maximum atomic E-state index is 13.0. The minimum atomic E-state index is -4.80. The van der Waals surface area contributed by atoms with Gasteiger partial charge in [-0.05, 0) is 30.9 Å². The summed E-state index contributed by atoms with van der Waals surface area (Å²) in [6.45, 7) is -0.107. The van der Waals surface area contributed by atoms with Crippen molar-refractivity contribution in [1.82, 2.24) is 24.1 Å². The number of hydrogen-bond donors (Lipinski definition) is 3. The summed E-state index contributed by atoms with van der Waals surface area (Å²) in [5.41, 5.74) is 5.36. The maximum absolute atomic E-state index is 13.0. The number of alkyl halides is 3. The SMILES string of the molecule is Nc1nc(C(F)(F)F)nc2nc(-c3ccc(Cl)c(S(=O)(=O)NC45CC(C4)C5CO)c3)cn12. The van der Waals surface area contributed by atoms with Gasteiger partial charge in [0.2, 0.25) is 27.6 Å². The van der Waals surface area contributed by atoms with Crippen molar-refractivity contribution in [2.24, 2.45) is 11.8 Å². The van der Waals surface area contributed by atoms with Crippen LogP contribution in [0.5, 0.6) is 0 Å². The Kier molecular flexibility index (Phi) is 4.52. The molecule has 6 rings (SSSR count). The molecule has 0 spiro atoms. The molecule has 3 saturated carbocycles. The van der Waals surface area contributed by atoms with E-state index in [2.05, 4.69) is 19.7 Å². The van der Waals surface area contributed by atoms with E-state index < -0.39 is 33.5 Å². The van der Waals surface area contributed by atoms with Gasteiger partial charge in [0.15, 0.2) is 0 Å². The van der Waals surface area contributed by atoms with Crippen molar-refractivity contribution in [2.45, 2.75) is 29.5 Å². The highest BCUT2D eigenvalue weighted by Crippen LogP contribution is 2.62. The van der Waals surface area contributed by atoms with Gasteiger partial charge in [-0.15, -0.1) is 0 Å². The van der Waals surface area contributed by atoms with Crippen LogP contribution in [0.3, 0.4) is 0 Å². The van der Waals surface area contributed by atoms with Gasteiger partial charge in [-0.3, -0.25) is 4.40 Å². The van der Waals surface area contributed by atoms with E-state index in [1.54, 1.807) is 0 Å². The number of benzene rings is 1. The van der Waals surface area contributed by atoms with Crippen LogP contribution in [0.4, 0.5) is 19.1 Å². The summed E-state index contributed by atoms with van der Waals surface area (Å²) in [5.74, 6) is -2.04. The predicted octanol–water partition coefficient (Wildman–Crippen LogP) is 2.09. The lowest BCUT2D eigenvalue weighted by Crippen LogP contribution is -2.76. The molecule has 2 aromatic heterocycles. The fourth-order valence-electron chi connectivity index (χ4n) is 4.43. The average Bonchev–Trinajstić information content (AvgIpc) is 3.09. The smallest absolute Gasteiger partial charge is 0.396 e. The second kappa shape index (κ2) is 6.76. The molecule has 2 bridgehead atoms. The lowest BCUT2D eigenvalue weighted by Gasteiger charge is -2.67. The van der Waals surface area contributed by atoms with Crippen LogP contribution in [0, 0.1) is 11.8 Å². The van der Waals surface area contributed by atoms with Crippen LogP contribution in [0.1, 0.15) is 18.7 Å². The van der Waals surface area contributed by atoms with Gasteiger partial charge in [0, 0.05) is 29.8 Å². The molecule has 3 aliphatic rings. The highest BCUT2D eigenvalue weighted by atomic mass is 35.5. The number of nitrogens with two attached hydrogens (primary N) is 1. The van der Waals surface area contributed by atoms with Crippen LogP contribution in [0.15, 0.2) is 29.3 Å². The Morgan fingerprint density at radius 1 is 1.28 bits per heavy atom. The third-order valence-electron chi connectivity index (χ3n) is 6.20. The molecule has 170 valence electrons. The van der Waals surface area contributed by atoms with Gasteiger partial charge >= 0.3 is 6.18 Å². The number of nitrogens with zero attached hydrogens (tertiary/aromatic N) is 4. The van der Waals surface area contributed by atoms with Crippen LogP contribution in [-0.4, -0.2) is 45.0 Å². The monoisotopic (exact) mass is 488 g/mol. The predicted molar refractivity (Wildman–Crippen MR) is 107 cm³/mol. The number of rotatable bonds is 5. The number of fused-ring (bicyclic) bond motifs is 1. The number of aromatic nitrogens is 4. The van der Waals surface area contributed by atoms with Crippen molar-refractivity contribution in [3.05, 3.63) is 35.2 Å². The number of halogens is 4. The zero-order chi connectivity index (χ0) is 23.1. The first kappa shape index (κ1) is 21.4. The Morgan fingerprint density at radius 3 is 2.59 bits per heavy atom. The largest absolute Gasteiger partial charge is 0.451 e. The number of imidazole rings is 1. The van der Waals surface area contributed by atoms with Crippen LogP contribution < -0.4 is 10.5 Å². The third-order valence-corrected chi connectivity index (χ3v) is 8.23. The zero-order valence-electron chi connectivity index (χ0n) is 16.1. The Labute approximate surface area is 184 Å². The first-order valence-electron chi connectivity index (χ1n) is 9.48. The summed E-state index contributed by atoms with van der Waals surface area (Å²) < 4.78 is 68.7. The molecule has 14 heteroatoms. The van der Waals surface area contributed by atoms with Crippen molar-refractivity contribution in [1.29, 1.82) is 0 Å². The van der Waals surface area contributed by atoms with E-state index in [0.29, 0.717) is 18.8 Å². The van der Waals surface area contributed by atoms with Gasteiger partial charge in [-0.1, -0.05) is 17.7 Å². The molecule has 2 heterocycles. The highest BCUT2D eigenvalue weighted by molar-refractivity contribution is 7.89. The summed E-state index contributed by atoms with van der Waals surface area (Å²) >= 11 is 6.15. The molecular weight excluding hydrogens is 473 g/mol. The topological polar surface area (TPSA) is 135 Å². The van der Waals surface area contributed by atoms with Crippen molar-refractivity contribution >= 4 is 33.4 Å². The van der Waals surface area contributed by atoms with Crippen molar-refractivity contribution in [3.8, 4) is 11.3 Å². The molecule has 0 aliphatic heterocycles. The molecule has 3 fully saturated rings. The Balaban J connectivity index is 1.52. The molecule has 1 unspecified atom stereocenters. The quantitative estimate of drug-likeness (QED) is 0.500. The second-order valence-electron chi connectivity index (χ2n) is 8.06. The highest BCUT2D eigenvalue weighted by Gasteiger charge is 2.66. The third kappa shape index (κ3) is 3.14. The number of nitrogens with one attached hydrogen (secondary N) is 1. The summed E-state index contributed by atoms with van der Waals surface area (Å²) in [4.78, 5) is 10.5. The number of aliphatic hydroxyl groups excluding tert-OH is 1. The Morgan fingerprint density at radius 2 is 2.00 bits per heavy atom. The number of hydrogen-bond acceptors (Lipinski definition) is 7. The molecule has 1 atom stereocenters. The standard InChI is InChI=1S/C18H16ClF3N6O3S/c19-11-2-1-8(3-13(11)32(30,31)27-17-4-9(5-17)10(17)7-29)12-6-28-15(23)25-14(18(20,21)22)26-16(28)24-12/h1-3,6,9-10,27,29H,4-5,7H2,(H2,23,24,25,26). The molecular formula is C18H16ClF3N6O3S. The maximum Gasteiger partial charge on any atom is 0.451 e. The Bertz CT molecular complexity index is 1350. The van der Waals surface area contributed by atoms with E-state index >= 15 is 0 Å². The summed E-state index contributed by atoms with van der Waals surface area (Å²) in [5, 5.41) is 9.43. The molecule has 1 aromatic carbocycles.